The minimum absolute atomic E-state index is 0.105. The molecule has 0 aromatic rings. The number of aliphatic hydroxyl groups is 1. The maximum absolute atomic E-state index is 13.0. The van der Waals surface area contributed by atoms with E-state index in [4.69, 9.17) is 37.0 Å². The van der Waals surface area contributed by atoms with Gasteiger partial charge in [-0.05, 0) is 49.4 Å². The highest BCUT2D eigenvalue weighted by molar-refractivity contribution is 7.47. The zero-order chi connectivity index (χ0) is 68.9. The highest BCUT2D eigenvalue weighted by Gasteiger charge is 2.30. The van der Waals surface area contributed by atoms with Crippen molar-refractivity contribution >= 4 is 39.5 Å². The number of phosphoric acid groups is 2. The molecule has 0 saturated heterocycles. The van der Waals surface area contributed by atoms with Gasteiger partial charge in [0, 0.05) is 25.7 Å². The van der Waals surface area contributed by atoms with Crippen LogP contribution in [0.15, 0.2) is 0 Å². The van der Waals surface area contributed by atoms with E-state index in [0.29, 0.717) is 31.6 Å². The van der Waals surface area contributed by atoms with Crippen molar-refractivity contribution in [1.82, 2.24) is 0 Å². The summed E-state index contributed by atoms with van der Waals surface area (Å²) in [4.78, 5) is 72.7. The Labute approximate surface area is 568 Å². The Balaban J connectivity index is 5.22. The summed E-state index contributed by atoms with van der Waals surface area (Å²) in [6.07, 6.45) is 47.3. The van der Waals surface area contributed by atoms with Crippen molar-refractivity contribution in [3.63, 3.8) is 0 Å². The quantitative estimate of drug-likeness (QED) is 0.0222. The third-order valence-electron chi connectivity index (χ3n) is 17.4. The number of rotatable bonds is 71. The summed E-state index contributed by atoms with van der Waals surface area (Å²) in [7, 11) is -9.91. The lowest BCUT2D eigenvalue weighted by Gasteiger charge is -2.21. The zero-order valence-corrected chi connectivity index (χ0v) is 62.7. The third-order valence-corrected chi connectivity index (χ3v) is 19.3. The molecule has 0 spiro atoms. The van der Waals surface area contributed by atoms with Gasteiger partial charge in [-0.15, -0.1) is 0 Å². The Bertz CT molecular complexity index is 1840. The molecule has 0 aliphatic heterocycles. The number of carbonyl (C=O) groups excluding carboxylic acids is 4. The second-order valence-electron chi connectivity index (χ2n) is 28.4. The first-order chi connectivity index (χ1) is 44.6. The zero-order valence-electron chi connectivity index (χ0n) is 60.9. The van der Waals surface area contributed by atoms with Crippen LogP contribution in [-0.2, 0) is 65.4 Å². The molecule has 0 aliphatic rings. The van der Waals surface area contributed by atoms with Gasteiger partial charge in [0.15, 0.2) is 12.2 Å². The van der Waals surface area contributed by atoms with Crippen LogP contribution in [0.5, 0.6) is 0 Å². The van der Waals surface area contributed by atoms with Crippen LogP contribution < -0.4 is 0 Å². The summed E-state index contributed by atoms with van der Waals surface area (Å²) in [5.41, 5.74) is 0. The minimum Gasteiger partial charge on any atom is -0.462 e. The molecule has 0 bridgehead atoms. The van der Waals surface area contributed by atoms with Gasteiger partial charge in [0.2, 0.25) is 0 Å². The monoisotopic (exact) mass is 1370 g/mol. The van der Waals surface area contributed by atoms with Crippen molar-refractivity contribution in [3.8, 4) is 0 Å². The molecular formula is C74H144O17P2. The van der Waals surface area contributed by atoms with Crippen LogP contribution in [0.2, 0.25) is 0 Å². The van der Waals surface area contributed by atoms with E-state index in [9.17, 15) is 43.2 Å². The summed E-state index contributed by atoms with van der Waals surface area (Å²) in [6.45, 7) is 14.1. The molecule has 3 unspecified atom stereocenters. The van der Waals surface area contributed by atoms with Crippen molar-refractivity contribution in [3.05, 3.63) is 0 Å². The van der Waals surface area contributed by atoms with Gasteiger partial charge in [-0.2, -0.15) is 0 Å². The van der Waals surface area contributed by atoms with Gasteiger partial charge in [0.25, 0.3) is 0 Å². The van der Waals surface area contributed by atoms with Gasteiger partial charge in [-0.25, -0.2) is 9.13 Å². The molecule has 3 N–H and O–H groups in total. The van der Waals surface area contributed by atoms with E-state index in [2.05, 4.69) is 55.4 Å². The van der Waals surface area contributed by atoms with Crippen LogP contribution in [0.25, 0.3) is 0 Å². The van der Waals surface area contributed by atoms with Crippen LogP contribution in [0.1, 0.15) is 370 Å². The maximum atomic E-state index is 13.0. The molecule has 17 nitrogen and oxygen atoms in total. The number of ether oxygens (including phenoxy) is 4. The number of hydrogen-bond acceptors (Lipinski definition) is 15. The first kappa shape index (κ1) is 91.1. The van der Waals surface area contributed by atoms with Gasteiger partial charge in [-0.3, -0.25) is 37.3 Å². The average molecular weight is 1370 g/mol. The third kappa shape index (κ3) is 67.0. The average Bonchev–Trinajstić information content (AvgIpc) is 2.07. The van der Waals surface area contributed by atoms with Crippen LogP contribution >= 0.6 is 15.6 Å². The second-order valence-corrected chi connectivity index (χ2v) is 31.3. The van der Waals surface area contributed by atoms with Crippen molar-refractivity contribution in [2.75, 3.05) is 39.6 Å². The molecule has 552 valence electrons. The van der Waals surface area contributed by atoms with E-state index in [1.807, 2.05) is 0 Å². The van der Waals surface area contributed by atoms with Crippen molar-refractivity contribution in [1.29, 1.82) is 0 Å². The molecule has 0 aromatic carbocycles. The fraction of sp³-hybridized carbons (Fsp3) is 0.946. The molecule has 0 rings (SSSR count). The largest absolute Gasteiger partial charge is 0.472 e. The first-order valence-electron chi connectivity index (χ1n) is 38.2. The van der Waals surface area contributed by atoms with Gasteiger partial charge >= 0.3 is 39.5 Å². The Morgan fingerprint density at radius 1 is 0.301 bits per heavy atom. The van der Waals surface area contributed by atoms with Gasteiger partial charge in [0.05, 0.1) is 26.4 Å². The van der Waals surface area contributed by atoms with Crippen LogP contribution in [0, 0.1) is 23.7 Å². The number of aliphatic hydroxyl groups excluding tert-OH is 1. The van der Waals surface area contributed by atoms with Crippen LogP contribution in [0.3, 0.4) is 0 Å². The van der Waals surface area contributed by atoms with E-state index in [-0.39, 0.29) is 25.7 Å². The lowest BCUT2D eigenvalue weighted by molar-refractivity contribution is -0.161. The van der Waals surface area contributed by atoms with Gasteiger partial charge in [0.1, 0.15) is 19.3 Å². The van der Waals surface area contributed by atoms with Gasteiger partial charge in [-0.1, -0.05) is 319 Å². The van der Waals surface area contributed by atoms with Crippen LogP contribution in [0.4, 0.5) is 0 Å². The van der Waals surface area contributed by atoms with E-state index >= 15 is 0 Å². The number of phosphoric ester groups is 2. The standard InChI is InChI=1S/C74H144O17P2/c1-9-67(8)53-45-37-28-22-16-12-10-11-13-17-23-30-40-48-56-73(78)91-70(61-85-72(77)55-47-39-33-32-36-44-52-66(6)7)63-89-93(82,83)87-59-68(75)58-86-92(80,81)88-62-69(60-84-71(76)54-46-38-29-25-19-21-27-35-43-51-65(4)5)90-74(79)57-49-41-31-24-18-14-15-20-26-34-42-50-64(2)3/h64-70,75H,9-63H2,1-8H3,(H,80,81)(H,82,83)/t67?,68-,69-,70-/m1/s1. The summed E-state index contributed by atoms with van der Waals surface area (Å²) in [5, 5.41) is 10.6. The predicted octanol–water partition coefficient (Wildman–Crippen LogP) is 21.3. The molecule has 19 heteroatoms. The Morgan fingerprint density at radius 2 is 0.516 bits per heavy atom. The highest BCUT2D eigenvalue weighted by atomic mass is 31.2. The molecule has 93 heavy (non-hydrogen) atoms. The summed E-state index contributed by atoms with van der Waals surface area (Å²) < 4.78 is 68.4. The minimum atomic E-state index is -4.95. The Morgan fingerprint density at radius 3 is 0.763 bits per heavy atom. The number of esters is 4. The maximum Gasteiger partial charge on any atom is 0.472 e. The summed E-state index contributed by atoms with van der Waals surface area (Å²) in [6, 6.07) is 0. The summed E-state index contributed by atoms with van der Waals surface area (Å²) >= 11 is 0. The van der Waals surface area contributed by atoms with E-state index in [0.717, 1.165) is 114 Å². The fourth-order valence-corrected chi connectivity index (χ4v) is 12.7. The molecular weight excluding hydrogens is 1220 g/mol. The topological polar surface area (TPSA) is 237 Å². The molecule has 0 aromatic heterocycles. The lowest BCUT2D eigenvalue weighted by atomic mass is 9.99. The molecule has 0 aliphatic carbocycles. The second kappa shape index (κ2) is 63.5. The molecule has 0 amide bonds. The Hall–Kier alpha value is -1.94. The van der Waals surface area contributed by atoms with Crippen molar-refractivity contribution < 1.29 is 80.2 Å². The van der Waals surface area contributed by atoms with Crippen molar-refractivity contribution in [2.24, 2.45) is 23.7 Å². The molecule has 0 fully saturated rings. The summed E-state index contributed by atoms with van der Waals surface area (Å²) in [5.74, 6) is 0.909. The first-order valence-corrected chi connectivity index (χ1v) is 41.2. The lowest BCUT2D eigenvalue weighted by Crippen LogP contribution is -2.30. The SMILES string of the molecule is CCC(C)CCCCCCCCCCCCCCCCC(=O)O[C@H](COC(=O)CCCCCCCCC(C)C)COP(=O)(O)OC[C@H](O)COP(=O)(O)OC[C@@H](COC(=O)CCCCCCCCCCCC(C)C)OC(=O)CCCCCCCCCCCCCC(C)C. The van der Waals surface area contributed by atoms with Gasteiger partial charge < -0.3 is 33.8 Å². The van der Waals surface area contributed by atoms with E-state index in [1.165, 1.54) is 167 Å². The van der Waals surface area contributed by atoms with E-state index < -0.39 is 97.5 Å². The highest BCUT2D eigenvalue weighted by Crippen LogP contribution is 2.45. The Kier molecular flexibility index (Phi) is 62.2. The predicted molar refractivity (Wildman–Crippen MR) is 377 cm³/mol. The number of hydrogen-bond donors (Lipinski definition) is 3. The normalized spacial score (nSPS) is 14.5. The molecule has 6 atom stereocenters. The van der Waals surface area contributed by atoms with E-state index in [1.54, 1.807) is 0 Å². The molecule has 0 saturated carbocycles. The number of unbranched alkanes of at least 4 members (excludes halogenated alkanes) is 36. The fourth-order valence-electron chi connectivity index (χ4n) is 11.2. The molecule has 0 radical (unpaired) electrons. The van der Waals surface area contributed by atoms with Crippen LogP contribution in [-0.4, -0.2) is 96.7 Å². The smallest absolute Gasteiger partial charge is 0.462 e. The molecule has 0 heterocycles. The van der Waals surface area contributed by atoms with Crippen molar-refractivity contribution in [2.45, 2.75) is 388 Å². The number of carbonyl (C=O) groups is 4.